The number of rotatable bonds is 3. The van der Waals surface area contributed by atoms with Crippen LogP contribution in [-0.2, 0) is 10.1 Å². The van der Waals surface area contributed by atoms with Gasteiger partial charge in [0.25, 0.3) is 0 Å². The Morgan fingerprint density at radius 2 is 2.44 bits per heavy atom. The molecule has 0 aromatic carbocycles. The van der Waals surface area contributed by atoms with Gasteiger partial charge in [-0.05, 0) is 27.4 Å². The Morgan fingerprint density at radius 1 is 1.62 bits per heavy atom. The quantitative estimate of drug-likeness (QED) is 0.631. The topological polar surface area (TPSA) is 69.9 Å². The third-order valence-electron chi connectivity index (χ3n) is 1.67. The predicted molar refractivity (Wildman–Crippen MR) is 61.0 cm³/mol. The van der Waals surface area contributed by atoms with Gasteiger partial charge in [-0.2, -0.15) is 0 Å². The molecule has 0 radical (unpaired) electrons. The monoisotopic (exact) mass is 302 g/mol. The van der Waals surface area contributed by atoms with Crippen molar-refractivity contribution in [2.45, 2.75) is 12.3 Å². The molecule has 2 rings (SSSR count). The molecular weight excluding hydrogens is 296 g/mol. The van der Waals surface area contributed by atoms with Crippen LogP contribution >= 0.6 is 27.3 Å². The number of aromatic nitrogens is 4. The molecule has 2 aromatic rings. The van der Waals surface area contributed by atoms with E-state index in [2.05, 4.69) is 31.5 Å². The Hall–Kier alpha value is -1.28. The van der Waals surface area contributed by atoms with Crippen LogP contribution in [0.5, 0.6) is 0 Å². The Labute approximate surface area is 103 Å². The normalized spacial score (nSPS) is 10.4. The third kappa shape index (κ3) is 2.27. The summed E-state index contributed by atoms with van der Waals surface area (Å²) in [5.74, 6) is -0.0433. The van der Waals surface area contributed by atoms with Gasteiger partial charge in [-0.15, -0.1) is 16.4 Å². The molecule has 8 heteroatoms. The minimum Gasteiger partial charge on any atom is -0.316 e. The molecule has 0 saturated carbocycles. The van der Waals surface area contributed by atoms with Crippen LogP contribution in [-0.4, -0.2) is 26.3 Å². The molecule has 84 valence electrons. The van der Waals surface area contributed by atoms with Crippen molar-refractivity contribution >= 4 is 33.2 Å². The lowest BCUT2D eigenvalue weighted by molar-refractivity contribution is -0.143. The van der Waals surface area contributed by atoms with Crippen molar-refractivity contribution in [1.29, 1.82) is 0 Å². The Kier molecular flexibility index (Phi) is 3.30. The molecule has 2 heterocycles. The Bertz CT molecular complexity index is 510. The first kappa shape index (κ1) is 11.2. The average molecular weight is 303 g/mol. The lowest BCUT2D eigenvalue weighted by Crippen LogP contribution is -2.18. The highest BCUT2D eigenvalue weighted by Gasteiger charge is 2.13. The van der Waals surface area contributed by atoms with Crippen molar-refractivity contribution in [1.82, 2.24) is 20.4 Å². The second-order valence-electron chi connectivity index (χ2n) is 2.86. The standard InChI is InChI=1S/C8H7BrN4O2S/c1-5(14)15-13-8(10-11-12-13)7-3-2-6(4-9)16-7/h2-3H,4H2,1H3. The van der Waals surface area contributed by atoms with E-state index in [0.717, 1.165) is 19.9 Å². The predicted octanol–water partition coefficient (Wildman–Crippen LogP) is 1.27. The largest absolute Gasteiger partial charge is 0.332 e. The maximum atomic E-state index is 10.8. The molecular formula is C8H7BrN4O2S. The van der Waals surface area contributed by atoms with Crippen molar-refractivity contribution in [3.63, 3.8) is 0 Å². The SMILES string of the molecule is CC(=O)On1nnnc1-c1ccc(CBr)s1. The van der Waals surface area contributed by atoms with Crippen LogP contribution in [0.15, 0.2) is 12.1 Å². The highest BCUT2D eigenvalue weighted by Crippen LogP contribution is 2.26. The van der Waals surface area contributed by atoms with Gasteiger partial charge in [0.1, 0.15) is 0 Å². The number of hydrogen-bond acceptors (Lipinski definition) is 6. The summed E-state index contributed by atoms with van der Waals surface area (Å²) >= 11 is 4.89. The lowest BCUT2D eigenvalue weighted by atomic mass is 10.4. The first-order valence-electron chi connectivity index (χ1n) is 4.33. The number of nitrogens with zero attached hydrogens (tertiary/aromatic N) is 4. The maximum absolute atomic E-state index is 10.8. The minimum absolute atomic E-state index is 0.424. The second-order valence-corrected chi connectivity index (χ2v) is 4.59. The van der Waals surface area contributed by atoms with Gasteiger partial charge in [0.05, 0.1) is 4.88 Å². The smallest absolute Gasteiger partial charge is 0.316 e. The first-order valence-corrected chi connectivity index (χ1v) is 6.27. The number of hydrogen-bond donors (Lipinski definition) is 0. The fourth-order valence-corrected chi connectivity index (χ4v) is 2.43. The minimum atomic E-state index is -0.467. The molecule has 0 unspecified atom stereocenters. The summed E-state index contributed by atoms with van der Waals surface area (Å²) in [6.07, 6.45) is 0. The van der Waals surface area contributed by atoms with Gasteiger partial charge < -0.3 is 4.84 Å². The summed E-state index contributed by atoms with van der Waals surface area (Å²) in [6.45, 7) is 1.30. The van der Waals surface area contributed by atoms with Crippen LogP contribution in [0.25, 0.3) is 10.7 Å². The third-order valence-corrected chi connectivity index (χ3v) is 3.73. The van der Waals surface area contributed by atoms with Crippen LogP contribution in [0.3, 0.4) is 0 Å². The van der Waals surface area contributed by atoms with E-state index in [1.807, 2.05) is 12.1 Å². The van der Waals surface area contributed by atoms with Crippen LogP contribution < -0.4 is 4.84 Å². The number of carbonyl (C=O) groups excluding carboxylic acids is 1. The van der Waals surface area contributed by atoms with Gasteiger partial charge in [0, 0.05) is 17.1 Å². The van der Waals surface area contributed by atoms with Crippen molar-refractivity contribution in [2.24, 2.45) is 0 Å². The molecule has 2 aromatic heterocycles. The van der Waals surface area contributed by atoms with E-state index in [1.165, 1.54) is 18.3 Å². The number of alkyl halides is 1. The van der Waals surface area contributed by atoms with Crippen LogP contribution in [0.2, 0.25) is 0 Å². The van der Waals surface area contributed by atoms with E-state index in [-0.39, 0.29) is 0 Å². The molecule has 0 amide bonds. The fourth-order valence-electron chi connectivity index (χ4n) is 1.08. The van der Waals surface area contributed by atoms with Crippen molar-refractivity contribution < 1.29 is 9.63 Å². The zero-order valence-corrected chi connectivity index (χ0v) is 10.7. The number of thiophene rings is 1. The van der Waals surface area contributed by atoms with E-state index in [0.29, 0.717) is 5.82 Å². The highest BCUT2D eigenvalue weighted by molar-refractivity contribution is 9.08. The molecule has 0 aliphatic rings. The molecule has 0 N–H and O–H groups in total. The molecule has 6 nitrogen and oxygen atoms in total. The zero-order chi connectivity index (χ0) is 11.5. The van der Waals surface area contributed by atoms with Gasteiger partial charge in [-0.3, -0.25) is 0 Å². The molecule has 0 aliphatic carbocycles. The van der Waals surface area contributed by atoms with Gasteiger partial charge in [-0.1, -0.05) is 15.9 Å². The van der Waals surface area contributed by atoms with Crippen LogP contribution in [0, 0.1) is 0 Å². The molecule has 0 aliphatic heterocycles. The van der Waals surface area contributed by atoms with E-state index in [9.17, 15) is 4.79 Å². The number of halogens is 1. The van der Waals surface area contributed by atoms with Gasteiger partial charge in [0.15, 0.2) is 0 Å². The van der Waals surface area contributed by atoms with E-state index >= 15 is 0 Å². The summed E-state index contributed by atoms with van der Waals surface area (Å²) < 4.78 is 0. The fraction of sp³-hybridized carbons (Fsp3) is 0.250. The van der Waals surface area contributed by atoms with E-state index in [4.69, 9.17) is 4.84 Å². The summed E-state index contributed by atoms with van der Waals surface area (Å²) in [7, 11) is 0. The van der Waals surface area contributed by atoms with Gasteiger partial charge in [0.2, 0.25) is 5.82 Å². The average Bonchev–Trinajstić information content (AvgIpc) is 2.84. The Balaban J connectivity index is 2.32. The Morgan fingerprint density at radius 3 is 3.06 bits per heavy atom. The van der Waals surface area contributed by atoms with Crippen LogP contribution in [0.4, 0.5) is 0 Å². The summed E-state index contributed by atoms with van der Waals surface area (Å²) in [4.78, 5) is 18.6. The van der Waals surface area contributed by atoms with E-state index in [1.54, 1.807) is 0 Å². The summed E-state index contributed by atoms with van der Waals surface area (Å²) in [6, 6.07) is 3.84. The van der Waals surface area contributed by atoms with Crippen LogP contribution in [0.1, 0.15) is 11.8 Å². The van der Waals surface area contributed by atoms with Crippen molar-refractivity contribution in [3.05, 3.63) is 17.0 Å². The summed E-state index contributed by atoms with van der Waals surface area (Å²) in [5, 5.41) is 11.6. The number of carbonyl (C=O) groups is 1. The van der Waals surface area contributed by atoms with Gasteiger partial charge >= 0.3 is 5.97 Å². The molecule has 0 fully saturated rings. The summed E-state index contributed by atoms with van der Waals surface area (Å²) in [5.41, 5.74) is 0. The maximum Gasteiger partial charge on any atom is 0.332 e. The molecule has 0 saturated heterocycles. The van der Waals surface area contributed by atoms with Crippen molar-refractivity contribution in [3.8, 4) is 10.7 Å². The van der Waals surface area contributed by atoms with E-state index < -0.39 is 5.97 Å². The molecule has 0 spiro atoms. The molecule has 0 atom stereocenters. The van der Waals surface area contributed by atoms with Gasteiger partial charge in [-0.25, -0.2) is 4.79 Å². The zero-order valence-electron chi connectivity index (χ0n) is 8.25. The highest BCUT2D eigenvalue weighted by atomic mass is 79.9. The second kappa shape index (κ2) is 4.71. The lowest BCUT2D eigenvalue weighted by Gasteiger charge is -1.99. The number of tetrazole rings is 1. The molecule has 0 bridgehead atoms. The first-order chi connectivity index (χ1) is 7.70. The van der Waals surface area contributed by atoms with Crippen molar-refractivity contribution in [2.75, 3.05) is 0 Å². The molecule has 16 heavy (non-hydrogen) atoms.